The molecule has 0 amide bonds. The largest absolute Gasteiger partial charge is 0.392 e. The summed E-state index contributed by atoms with van der Waals surface area (Å²) in [6, 6.07) is 7.66. The van der Waals surface area contributed by atoms with E-state index in [1.54, 1.807) is 19.1 Å². The molecule has 0 bridgehead atoms. The van der Waals surface area contributed by atoms with Crippen molar-refractivity contribution in [3.8, 4) is 0 Å². The SMILES string of the molecule is Cc1ccc(S(=O)(=O)Nc2cccnn2)cc1CO. The number of aliphatic hydroxyl groups excluding tert-OH is 1. The first kappa shape index (κ1) is 13.4. The van der Waals surface area contributed by atoms with Crippen LogP contribution in [-0.2, 0) is 16.6 Å². The van der Waals surface area contributed by atoms with E-state index in [4.69, 9.17) is 5.11 Å². The number of nitrogens with one attached hydrogen (secondary N) is 1. The minimum Gasteiger partial charge on any atom is -0.392 e. The molecule has 0 unspecified atom stereocenters. The average Bonchev–Trinajstić information content (AvgIpc) is 2.39. The van der Waals surface area contributed by atoms with Crippen molar-refractivity contribution in [3.63, 3.8) is 0 Å². The number of nitrogens with zero attached hydrogens (tertiary/aromatic N) is 2. The van der Waals surface area contributed by atoms with E-state index in [0.717, 1.165) is 5.56 Å². The van der Waals surface area contributed by atoms with Crippen LogP contribution in [0.3, 0.4) is 0 Å². The van der Waals surface area contributed by atoms with E-state index >= 15 is 0 Å². The Bertz CT molecular complexity index is 672. The van der Waals surface area contributed by atoms with Gasteiger partial charge in [-0.1, -0.05) is 6.07 Å². The van der Waals surface area contributed by atoms with Crippen LogP contribution in [0.4, 0.5) is 5.82 Å². The van der Waals surface area contributed by atoms with Gasteiger partial charge in [-0.25, -0.2) is 8.42 Å². The number of benzene rings is 1. The maximum absolute atomic E-state index is 12.1. The van der Waals surface area contributed by atoms with Crippen molar-refractivity contribution < 1.29 is 13.5 Å². The van der Waals surface area contributed by atoms with Gasteiger partial charge in [0.15, 0.2) is 5.82 Å². The number of anilines is 1. The smallest absolute Gasteiger partial charge is 0.263 e. The van der Waals surface area contributed by atoms with Crippen molar-refractivity contribution in [1.29, 1.82) is 0 Å². The Balaban J connectivity index is 2.35. The molecule has 0 atom stereocenters. The summed E-state index contributed by atoms with van der Waals surface area (Å²) >= 11 is 0. The lowest BCUT2D eigenvalue weighted by Gasteiger charge is -2.09. The Morgan fingerprint density at radius 3 is 2.74 bits per heavy atom. The highest BCUT2D eigenvalue weighted by Crippen LogP contribution is 2.18. The fraction of sp³-hybridized carbons (Fsp3) is 0.167. The highest BCUT2D eigenvalue weighted by Gasteiger charge is 2.16. The van der Waals surface area contributed by atoms with Crippen molar-refractivity contribution in [2.45, 2.75) is 18.4 Å². The van der Waals surface area contributed by atoms with E-state index in [-0.39, 0.29) is 17.3 Å². The van der Waals surface area contributed by atoms with E-state index in [2.05, 4.69) is 14.9 Å². The molecule has 0 saturated carbocycles. The molecule has 2 N–H and O–H groups in total. The fourth-order valence-electron chi connectivity index (χ4n) is 1.54. The van der Waals surface area contributed by atoms with Gasteiger partial charge >= 0.3 is 0 Å². The van der Waals surface area contributed by atoms with Gasteiger partial charge < -0.3 is 5.11 Å². The van der Waals surface area contributed by atoms with Gasteiger partial charge in [-0.3, -0.25) is 4.72 Å². The third kappa shape index (κ3) is 3.07. The maximum atomic E-state index is 12.1. The van der Waals surface area contributed by atoms with Crippen molar-refractivity contribution >= 4 is 15.8 Å². The average molecular weight is 279 g/mol. The molecule has 7 heteroatoms. The molecule has 0 spiro atoms. The summed E-state index contributed by atoms with van der Waals surface area (Å²) in [6.45, 7) is 1.60. The lowest BCUT2D eigenvalue weighted by atomic mass is 10.1. The summed E-state index contributed by atoms with van der Waals surface area (Å²) in [5.41, 5.74) is 1.41. The van der Waals surface area contributed by atoms with Crippen LogP contribution in [0, 0.1) is 6.92 Å². The Morgan fingerprint density at radius 1 is 1.32 bits per heavy atom. The number of rotatable bonds is 4. The molecule has 0 aliphatic heterocycles. The van der Waals surface area contributed by atoms with Crippen molar-refractivity contribution in [2.75, 3.05) is 4.72 Å². The van der Waals surface area contributed by atoms with Gasteiger partial charge in [0, 0.05) is 6.20 Å². The van der Waals surface area contributed by atoms with Crippen LogP contribution in [0.1, 0.15) is 11.1 Å². The predicted molar refractivity (Wildman–Crippen MR) is 69.9 cm³/mol. The normalized spacial score (nSPS) is 11.3. The first-order valence-corrected chi connectivity index (χ1v) is 7.02. The molecular formula is C12H13N3O3S. The summed E-state index contributed by atoms with van der Waals surface area (Å²) < 4.78 is 26.6. The molecule has 0 aliphatic carbocycles. The summed E-state index contributed by atoms with van der Waals surface area (Å²) in [7, 11) is -3.73. The second kappa shape index (κ2) is 5.33. The molecular weight excluding hydrogens is 266 g/mol. The highest BCUT2D eigenvalue weighted by molar-refractivity contribution is 7.92. The Kier molecular flexibility index (Phi) is 3.77. The second-order valence-corrected chi connectivity index (χ2v) is 5.64. The number of aliphatic hydroxyl groups is 1. The number of aryl methyl sites for hydroxylation is 1. The first-order chi connectivity index (χ1) is 9.03. The standard InChI is InChI=1S/C12H13N3O3S/c1-9-4-5-11(7-10(9)8-16)19(17,18)15-12-3-2-6-13-14-12/h2-7,16H,8H2,1H3,(H,14,15). The van der Waals surface area contributed by atoms with Crippen molar-refractivity contribution in [1.82, 2.24) is 10.2 Å². The molecule has 2 rings (SSSR count). The minimum atomic E-state index is -3.73. The number of sulfonamides is 1. The predicted octanol–water partition coefficient (Wildman–Crippen LogP) is 1.08. The Labute approximate surface area is 111 Å². The zero-order chi connectivity index (χ0) is 13.9. The van der Waals surface area contributed by atoms with Crippen LogP contribution >= 0.6 is 0 Å². The van der Waals surface area contributed by atoms with Crippen molar-refractivity contribution in [3.05, 3.63) is 47.7 Å². The van der Waals surface area contributed by atoms with E-state index in [1.165, 1.54) is 24.4 Å². The van der Waals surface area contributed by atoms with E-state index < -0.39 is 10.0 Å². The Morgan fingerprint density at radius 2 is 2.11 bits per heavy atom. The van der Waals surface area contributed by atoms with E-state index in [9.17, 15) is 8.42 Å². The van der Waals surface area contributed by atoms with Crippen LogP contribution < -0.4 is 4.72 Å². The molecule has 0 saturated heterocycles. The topological polar surface area (TPSA) is 92.2 Å². The molecule has 0 aliphatic rings. The third-order valence-corrected chi connectivity index (χ3v) is 3.96. The molecule has 0 radical (unpaired) electrons. The monoisotopic (exact) mass is 279 g/mol. The van der Waals surface area contributed by atoms with Crippen molar-refractivity contribution in [2.24, 2.45) is 0 Å². The molecule has 1 aromatic heterocycles. The molecule has 2 aromatic rings. The molecule has 100 valence electrons. The fourth-order valence-corrected chi connectivity index (χ4v) is 2.58. The van der Waals surface area contributed by atoms with E-state index in [1.807, 2.05) is 0 Å². The second-order valence-electron chi connectivity index (χ2n) is 3.96. The molecule has 19 heavy (non-hydrogen) atoms. The van der Waals surface area contributed by atoms with Gasteiger partial charge in [0.25, 0.3) is 10.0 Å². The maximum Gasteiger partial charge on any atom is 0.263 e. The minimum absolute atomic E-state index is 0.0767. The third-order valence-electron chi connectivity index (χ3n) is 2.61. The van der Waals surface area contributed by atoms with Crippen LogP contribution in [0.15, 0.2) is 41.4 Å². The molecule has 6 nitrogen and oxygen atoms in total. The van der Waals surface area contributed by atoms with Gasteiger partial charge in [0.2, 0.25) is 0 Å². The number of hydrogen-bond donors (Lipinski definition) is 2. The summed E-state index contributed by atoms with van der Waals surface area (Å²) in [5.74, 6) is 0.147. The number of hydrogen-bond acceptors (Lipinski definition) is 5. The molecule has 0 fully saturated rings. The van der Waals surface area contributed by atoms with Crippen LogP contribution in [0.5, 0.6) is 0 Å². The number of aromatic nitrogens is 2. The summed E-state index contributed by atoms with van der Waals surface area (Å²) in [6.07, 6.45) is 1.45. The summed E-state index contributed by atoms with van der Waals surface area (Å²) in [5, 5.41) is 16.4. The Hall–Kier alpha value is -1.99. The van der Waals surface area contributed by atoms with Crippen LogP contribution in [0.25, 0.3) is 0 Å². The van der Waals surface area contributed by atoms with Gasteiger partial charge in [0.05, 0.1) is 11.5 Å². The lowest BCUT2D eigenvalue weighted by molar-refractivity contribution is 0.281. The van der Waals surface area contributed by atoms with Gasteiger partial charge in [-0.15, -0.1) is 5.10 Å². The molecule has 1 heterocycles. The first-order valence-electron chi connectivity index (χ1n) is 5.54. The zero-order valence-corrected chi connectivity index (χ0v) is 11.1. The van der Waals surface area contributed by atoms with Crippen LogP contribution in [-0.4, -0.2) is 23.7 Å². The highest BCUT2D eigenvalue weighted by atomic mass is 32.2. The molecule has 1 aromatic carbocycles. The van der Waals surface area contributed by atoms with Gasteiger partial charge in [-0.2, -0.15) is 5.10 Å². The zero-order valence-electron chi connectivity index (χ0n) is 10.2. The lowest BCUT2D eigenvalue weighted by Crippen LogP contribution is -2.14. The van der Waals surface area contributed by atoms with E-state index in [0.29, 0.717) is 5.56 Å². The van der Waals surface area contributed by atoms with Gasteiger partial charge in [0.1, 0.15) is 0 Å². The van der Waals surface area contributed by atoms with Gasteiger partial charge in [-0.05, 0) is 42.3 Å². The summed E-state index contributed by atoms with van der Waals surface area (Å²) in [4.78, 5) is 0.0767. The quantitative estimate of drug-likeness (QED) is 0.873. The van der Waals surface area contributed by atoms with Crippen LogP contribution in [0.2, 0.25) is 0 Å².